The molecule has 1 N–H and O–H groups in total. The molecule has 0 bridgehead atoms. The van der Waals surface area contributed by atoms with Crippen molar-refractivity contribution in [1.29, 1.82) is 0 Å². The Hall–Kier alpha value is -4.06. The summed E-state index contributed by atoms with van der Waals surface area (Å²) in [5.74, 6) is 0.966. The number of rotatable bonds is 5. The van der Waals surface area contributed by atoms with Gasteiger partial charge >= 0.3 is 0 Å². The predicted octanol–water partition coefficient (Wildman–Crippen LogP) is 5.00. The second kappa shape index (κ2) is 11.1. The number of anilines is 1. The van der Waals surface area contributed by atoms with Crippen LogP contribution in [-0.2, 0) is 37.8 Å². The maximum atomic E-state index is 13.8. The Balaban J connectivity index is 1.50. The quantitative estimate of drug-likeness (QED) is 0.437. The predicted molar refractivity (Wildman–Crippen MR) is 142 cm³/mol. The number of carbonyl (C=O) groups is 1. The van der Waals surface area contributed by atoms with E-state index >= 15 is 0 Å². The van der Waals surface area contributed by atoms with Gasteiger partial charge < -0.3 is 15.0 Å². The van der Waals surface area contributed by atoms with Crippen molar-refractivity contribution >= 4 is 11.6 Å². The lowest BCUT2D eigenvalue weighted by Crippen LogP contribution is -2.44. The minimum absolute atomic E-state index is 0.114. The van der Waals surface area contributed by atoms with Crippen molar-refractivity contribution in [2.45, 2.75) is 38.4 Å². The van der Waals surface area contributed by atoms with E-state index in [1.165, 1.54) is 5.56 Å². The van der Waals surface area contributed by atoms with E-state index in [0.717, 1.165) is 34.7 Å². The Kier molecular flexibility index (Phi) is 7.31. The fraction of sp³-hybridized carbons (Fsp3) is 0.267. The van der Waals surface area contributed by atoms with Gasteiger partial charge in [0.15, 0.2) is 0 Å². The standard InChI is InChI=1S/C30H32N4O2/c1-33-26(17-18-32-33)15-16-30(35)34-21-25-12-5-7-13-28(25)31-20-24-11-6-8-14-29(24)36-22-27(34)19-23-9-3-2-4-10-23/h2-14,17-18,27,31H,15-16,19-22H2,1H3/t27-/m0/s1. The molecular weight excluding hydrogens is 448 g/mol. The Morgan fingerprint density at radius 1 is 0.972 bits per heavy atom. The van der Waals surface area contributed by atoms with Crippen LogP contribution >= 0.6 is 0 Å². The molecule has 184 valence electrons. The number of hydrogen-bond donors (Lipinski definition) is 1. The first-order chi connectivity index (χ1) is 17.7. The average molecular weight is 481 g/mol. The second-order valence-electron chi connectivity index (χ2n) is 9.24. The number of benzene rings is 3. The highest BCUT2D eigenvalue weighted by atomic mass is 16.5. The van der Waals surface area contributed by atoms with Crippen LogP contribution < -0.4 is 10.1 Å². The summed E-state index contributed by atoms with van der Waals surface area (Å²) in [5, 5.41) is 7.83. The van der Waals surface area contributed by atoms with Gasteiger partial charge in [-0.15, -0.1) is 0 Å². The van der Waals surface area contributed by atoms with Gasteiger partial charge in [0.2, 0.25) is 5.91 Å². The topological polar surface area (TPSA) is 59.4 Å². The third-order valence-electron chi connectivity index (χ3n) is 6.82. The summed E-state index contributed by atoms with van der Waals surface area (Å²) in [7, 11) is 1.92. The van der Waals surface area contributed by atoms with Gasteiger partial charge in [-0.05, 0) is 42.2 Å². The zero-order valence-corrected chi connectivity index (χ0v) is 20.6. The maximum Gasteiger partial charge on any atom is 0.223 e. The number of amides is 1. The number of aromatic nitrogens is 2. The molecule has 0 fully saturated rings. The van der Waals surface area contributed by atoms with Crippen molar-refractivity contribution < 1.29 is 9.53 Å². The number of aryl methyl sites for hydroxylation is 2. The van der Waals surface area contributed by atoms with Crippen molar-refractivity contribution in [1.82, 2.24) is 14.7 Å². The molecule has 0 radical (unpaired) electrons. The number of nitrogens with one attached hydrogen (secondary N) is 1. The van der Waals surface area contributed by atoms with Crippen LogP contribution in [0.15, 0.2) is 91.1 Å². The van der Waals surface area contributed by atoms with E-state index in [2.05, 4.69) is 40.7 Å². The lowest BCUT2D eigenvalue weighted by molar-refractivity contribution is -0.135. The molecule has 2 heterocycles. The third-order valence-corrected chi connectivity index (χ3v) is 6.82. The summed E-state index contributed by atoms with van der Waals surface area (Å²) in [4.78, 5) is 15.8. The van der Waals surface area contributed by atoms with E-state index in [4.69, 9.17) is 4.74 Å². The van der Waals surface area contributed by atoms with Crippen LogP contribution in [0, 0.1) is 0 Å². The van der Waals surface area contributed by atoms with Crippen LogP contribution in [0.25, 0.3) is 0 Å². The first-order valence-corrected chi connectivity index (χ1v) is 12.5. The largest absolute Gasteiger partial charge is 0.491 e. The Labute approximate surface area is 212 Å². The molecule has 4 aromatic rings. The van der Waals surface area contributed by atoms with E-state index in [1.807, 2.05) is 71.2 Å². The highest BCUT2D eigenvalue weighted by Crippen LogP contribution is 2.26. The number of hydrogen-bond acceptors (Lipinski definition) is 4. The zero-order valence-electron chi connectivity index (χ0n) is 20.6. The highest BCUT2D eigenvalue weighted by Gasteiger charge is 2.27. The Morgan fingerprint density at radius 2 is 1.72 bits per heavy atom. The fourth-order valence-electron chi connectivity index (χ4n) is 4.77. The molecule has 0 spiro atoms. The van der Waals surface area contributed by atoms with E-state index in [0.29, 0.717) is 32.5 Å². The summed E-state index contributed by atoms with van der Waals surface area (Å²) in [6, 6.07) is 28.6. The molecule has 1 aliphatic heterocycles. The molecule has 1 aromatic heterocycles. The Bertz CT molecular complexity index is 1300. The Morgan fingerprint density at radius 3 is 2.53 bits per heavy atom. The van der Waals surface area contributed by atoms with E-state index in [-0.39, 0.29) is 11.9 Å². The molecule has 0 unspecified atom stereocenters. The SMILES string of the molecule is Cn1nccc1CCC(=O)N1Cc2ccccc2NCc2ccccc2OC[C@@H]1Cc1ccccc1. The van der Waals surface area contributed by atoms with E-state index in [1.54, 1.807) is 6.20 Å². The van der Waals surface area contributed by atoms with Crippen molar-refractivity contribution in [2.24, 2.45) is 7.05 Å². The summed E-state index contributed by atoms with van der Waals surface area (Å²) < 4.78 is 8.24. The van der Waals surface area contributed by atoms with Crippen LogP contribution in [0.4, 0.5) is 5.69 Å². The maximum absolute atomic E-state index is 13.8. The second-order valence-corrected chi connectivity index (χ2v) is 9.24. The van der Waals surface area contributed by atoms with Crippen molar-refractivity contribution in [3.8, 4) is 5.75 Å². The molecule has 1 atom stereocenters. The number of para-hydroxylation sites is 2. The number of nitrogens with zero attached hydrogens (tertiary/aromatic N) is 3. The molecule has 5 rings (SSSR count). The van der Waals surface area contributed by atoms with Crippen molar-refractivity contribution in [3.05, 3.63) is 114 Å². The molecule has 36 heavy (non-hydrogen) atoms. The number of ether oxygens (including phenoxy) is 1. The van der Waals surface area contributed by atoms with Gasteiger partial charge in [-0.1, -0.05) is 66.7 Å². The van der Waals surface area contributed by atoms with Crippen molar-refractivity contribution in [3.63, 3.8) is 0 Å². The van der Waals surface area contributed by atoms with Crippen LogP contribution in [0.2, 0.25) is 0 Å². The van der Waals surface area contributed by atoms with Crippen LogP contribution in [0.3, 0.4) is 0 Å². The summed E-state index contributed by atoms with van der Waals surface area (Å²) in [6.45, 7) is 1.60. The molecule has 0 saturated heterocycles. The molecule has 6 nitrogen and oxygen atoms in total. The monoisotopic (exact) mass is 480 g/mol. The smallest absolute Gasteiger partial charge is 0.223 e. The van der Waals surface area contributed by atoms with E-state index in [9.17, 15) is 4.79 Å². The van der Waals surface area contributed by atoms with Gasteiger partial charge in [-0.25, -0.2) is 0 Å². The lowest BCUT2D eigenvalue weighted by atomic mass is 10.0. The summed E-state index contributed by atoms with van der Waals surface area (Å²) in [6.07, 6.45) is 3.55. The summed E-state index contributed by atoms with van der Waals surface area (Å²) >= 11 is 0. The van der Waals surface area contributed by atoms with Gasteiger partial charge in [0.1, 0.15) is 12.4 Å². The van der Waals surface area contributed by atoms with Gasteiger partial charge in [0.25, 0.3) is 0 Å². The molecule has 0 aliphatic carbocycles. The normalized spacial score (nSPS) is 15.6. The van der Waals surface area contributed by atoms with Gasteiger partial charge in [-0.2, -0.15) is 5.10 Å². The van der Waals surface area contributed by atoms with E-state index < -0.39 is 0 Å². The molecule has 6 heteroatoms. The first-order valence-electron chi connectivity index (χ1n) is 12.5. The molecule has 0 saturated carbocycles. The summed E-state index contributed by atoms with van der Waals surface area (Å²) in [5.41, 5.74) is 5.47. The lowest BCUT2D eigenvalue weighted by Gasteiger charge is -2.33. The highest BCUT2D eigenvalue weighted by molar-refractivity contribution is 5.77. The van der Waals surface area contributed by atoms with Gasteiger partial charge in [0, 0.05) is 49.7 Å². The van der Waals surface area contributed by atoms with Gasteiger partial charge in [-0.3, -0.25) is 9.48 Å². The van der Waals surface area contributed by atoms with Crippen LogP contribution in [-0.4, -0.2) is 33.2 Å². The minimum Gasteiger partial charge on any atom is -0.491 e. The molecular formula is C30H32N4O2. The van der Waals surface area contributed by atoms with Crippen LogP contribution in [0.1, 0.15) is 28.8 Å². The fourth-order valence-corrected chi connectivity index (χ4v) is 4.77. The van der Waals surface area contributed by atoms with Crippen molar-refractivity contribution in [2.75, 3.05) is 11.9 Å². The first kappa shape index (κ1) is 23.7. The van der Waals surface area contributed by atoms with Gasteiger partial charge in [0.05, 0.1) is 6.04 Å². The number of carbonyl (C=O) groups excluding carboxylic acids is 1. The third kappa shape index (κ3) is 5.60. The number of fused-ring (bicyclic) bond motifs is 2. The molecule has 3 aromatic carbocycles. The zero-order chi connectivity index (χ0) is 24.7. The molecule has 1 aliphatic rings. The molecule has 1 amide bonds. The minimum atomic E-state index is -0.120. The average Bonchev–Trinajstić information content (AvgIpc) is 3.32. The van der Waals surface area contributed by atoms with Crippen LogP contribution in [0.5, 0.6) is 5.75 Å².